The van der Waals surface area contributed by atoms with Crippen LogP contribution in [0, 0.1) is 0 Å². The second-order valence-corrected chi connectivity index (χ2v) is 4.89. The number of methoxy groups -OCH3 is 1. The van der Waals surface area contributed by atoms with Crippen LogP contribution >= 0.6 is 0 Å². The van der Waals surface area contributed by atoms with E-state index in [0.717, 1.165) is 12.8 Å². The lowest BCUT2D eigenvalue weighted by Gasteiger charge is -2.22. The van der Waals surface area contributed by atoms with Crippen molar-refractivity contribution in [1.82, 2.24) is 14.5 Å². The Kier molecular flexibility index (Phi) is 4.73. The molecule has 1 aromatic rings. The Morgan fingerprint density at radius 1 is 1.55 bits per heavy atom. The third-order valence-corrected chi connectivity index (χ3v) is 3.42. The molecule has 1 atom stereocenters. The van der Waals surface area contributed by atoms with Crippen LogP contribution < -0.4 is 5.32 Å². The molecule has 2 rings (SSSR count). The highest BCUT2D eigenvalue weighted by molar-refractivity contribution is 5.94. The number of nitrogens with one attached hydrogen (secondary N) is 1. The van der Waals surface area contributed by atoms with Crippen LogP contribution in [-0.4, -0.2) is 52.6 Å². The summed E-state index contributed by atoms with van der Waals surface area (Å²) >= 11 is 0. The smallest absolute Gasteiger partial charge is 0.252 e. The molecule has 0 bridgehead atoms. The van der Waals surface area contributed by atoms with Gasteiger partial charge in [-0.3, -0.25) is 14.9 Å². The van der Waals surface area contributed by atoms with E-state index >= 15 is 0 Å². The molecule has 1 aliphatic heterocycles. The fourth-order valence-corrected chi connectivity index (χ4v) is 2.27. The molecule has 0 aromatic carbocycles. The molecule has 1 unspecified atom stereocenters. The van der Waals surface area contributed by atoms with Gasteiger partial charge in [0, 0.05) is 33.1 Å². The minimum absolute atomic E-state index is 0.0333. The highest BCUT2D eigenvalue weighted by atomic mass is 16.5. The van der Waals surface area contributed by atoms with Crippen molar-refractivity contribution in [1.29, 1.82) is 0 Å². The van der Waals surface area contributed by atoms with Crippen LogP contribution in [0.5, 0.6) is 0 Å². The molecule has 2 heterocycles. The summed E-state index contributed by atoms with van der Waals surface area (Å²) in [6, 6.07) is 0. The van der Waals surface area contributed by atoms with Crippen molar-refractivity contribution in [2.24, 2.45) is 7.05 Å². The van der Waals surface area contributed by atoms with Crippen LogP contribution in [0.25, 0.3) is 0 Å². The Labute approximate surface area is 117 Å². The van der Waals surface area contributed by atoms with Crippen LogP contribution in [0.1, 0.15) is 19.3 Å². The van der Waals surface area contributed by atoms with Gasteiger partial charge < -0.3 is 14.2 Å². The molecule has 1 saturated heterocycles. The quantitative estimate of drug-likeness (QED) is 0.865. The maximum absolute atomic E-state index is 12.2. The molecule has 1 N–H and O–H groups in total. The van der Waals surface area contributed by atoms with Crippen molar-refractivity contribution in [3.8, 4) is 0 Å². The Hall–Kier alpha value is -1.89. The van der Waals surface area contributed by atoms with Crippen molar-refractivity contribution in [3.05, 3.63) is 12.4 Å². The van der Waals surface area contributed by atoms with Crippen molar-refractivity contribution in [2.75, 3.05) is 25.5 Å². The molecule has 1 fully saturated rings. The van der Waals surface area contributed by atoms with E-state index in [1.54, 1.807) is 28.9 Å². The van der Waals surface area contributed by atoms with Crippen LogP contribution in [0.15, 0.2) is 12.4 Å². The van der Waals surface area contributed by atoms with Crippen molar-refractivity contribution >= 4 is 17.8 Å². The SMILES string of the molecule is COC1CCCCN(CC(=O)Nc2nccn2C)C1=O. The monoisotopic (exact) mass is 280 g/mol. The predicted octanol–water partition coefficient (Wildman–Crippen LogP) is 0.386. The average Bonchev–Trinajstić information content (AvgIpc) is 2.73. The average molecular weight is 280 g/mol. The van der Waals surface area contributed by atoms with E-state index in [1.807, 2.05) is 0 Å². The van der Waals surface area contributed by atoms with Gasteiger partial charge in [-0.2, -0.15) is 0 Å². The van der Waals surface area contributed by atoms with E-state index in [2.05, 4.69) is 10.3 Å². The zero-order valence-corrected chi connectivity index (χ0v) is 11.8. The number of aromatic nitrogens is 2. The number of nitrogens with zero attached hydrogens (tertiary/aromatic N) is 3. The van der Waals surface area contributed by atoms with Crippen LogP contribution in [0.2, 0.25) is 0 Å². The summed E-state index contributed by atoms with van der Waals surface area (Å²) in [5.74, 6) is 0.116. The van der Waals surface area contributed by atoms with Crippen LogP contribution in [-0.2, 0) is 21.4 Å². The van der Waals surface area contributed by atoms with E-state index in [1.165, 1.54) is 7.11 Å². The molecule has 20 heavy (non-hydrogen) atoms. The number of ether oxygens (including phenoxy) is 1. The molecule has 1 aliphatic rings. The predicted molar refractivity (Wildman–Crippen MR) is 73.1 cm³/mol. The second-order valence-electron chi connectivity index (χ2n) is 4.89. The molecule has 0 saturated carbocycles. The van der Waals surface area contributed by atoms with Gasteiger partial charge in [0.1, 0.15) is 12.6 Å². The number of rotatable bonds is 4. The van der Waals surface area contributed by atoms with Crippen molar-refractivity contribution < 1.29 is 14.3 Å². The topological polar surface area (TPSA) is 76.5 Å². The number of carbonyl (C=O) groups excluding carboxylic acids is 2. The highest BCUT2D eigenvalue weighted by Crippen LogP contribution is 2.14. The molecule has 0 spiro atoms. The molecule has 7 nitrogen and oxygen atoms in total. The number of imidazole rings is 1. The second kappa shape index (κ2) is 6.51. The van der Waals surface area contributed by atoms with Gasteiger partial charge in [0.2, 0.25) is 11.9 Å². The van der Waals surface area contributed by atoms with Crippen molar-refractivity contribution in [2.45, 2.75) is 25.4 Å². The third-order valence-electron chi connectivity index (χ3n) is 3.42. The Morgan fingerprint density at radius 3 is 3.00 bits per heavy atom. The number of hydrogen-bond acceptors (Lipinski definition) is 4. The van der Waals surface area contributed by atoms with Gasteiger partial charge in [-0.25, -0.2) is 4.98 Å². The molecule has 7 heteroatoms. The molecule has 1 aromatic heterocycles. The van der Waals surface area contributed by atoms with E-state index in [4.69, 9.17) is 4.74 Å². The minimum Gasteiger partial charge on any atom is -0.372 e. The lowest BCUT2D eigenvalue weighted by molar-refractivity contribution is -0.143. The van der Waals surface area contributed by atoms with Gasteiger partial charge in [0.15, 0.2) is 0 Å². The summed E-state index contributed by atoms with van der Waals surface area (Å²) in [6.07, 6.45) is 5.45. The van der Waals surface area contributed by atoms with Crippen molar-refractivity contribution in [3.63, 3.8) is 0 Å². The fraction of sp³-hybridized carbons (Fsp3) is 0.615. The largest absolute Gasteiger partial charge is 0.372 e. The van der Waals surface area contributed by atoms with Gasteiger partial charge in [-0.1, -0.05) is 0 Å². The van der Waals surface area contributed by atoms with E-state index in [9.17, 15) is 9.59 Å². The summed E-state index contributed by atoms with van der Waals surface area (Å²) in [5.41, 5.74) is 0. The first-order chi connectivity index (χ1) is 9.61. The van der Waals surface area contributed by atoms with Gasteiger partial charge in [0.05, 0.1) is 0 Å². The molecule has 110 valence electrons. The summed E-state index contributed by atoms with van der Waals surface area (Å²) < 4.78 is 6.89. The fourth-order valence-electron chi connectivity index (χ4n) is 2.27. The number of likely N-dealkylation sites (tertiary alicyclic amines) is 1. The minimum atomic E-state index is -0.432. The van der Waals surface area contributed by atoms with Crippen LogP contribution in [0.4, 0.5) is 5.95 Å². The number of carbonyl (C=O) groups is 2. The summed E-state index contributed by atoms with van der Waals surface area (Å²) in [7, 11) is 3.32. The first kappa shape index (κ1) is 14.5. The van der Waals surface area contributed by atoms with Gasteiger partial charge >= 0.3 is 0 Å². The zero-order valence-electron chi connectivity index (χ0n) is 11.8. The maximum Gasteiger partial charge on any atom is 0.252 e. The maximum atomic E-state index is 12.2. The molecular weight excluding hydrogens is 260 g/mol. The standard InChI is InChI=1S/C13H20N4O3/c1-16-8-6-14-13(16)15-11(18)9-17-7-4-3-5-10(20-2)12(17)19/h6,8,10H,3-5,7,9H2,1-2H3,(H,14,15,18). The zero-order chi connectivity index (χ0) is 14.5. The number of hydrogen-bond donors (Lipinski definition) is 1. The lowest BCUT2D eigenvalue weighted by atomic mass is 10.2. The van der Waals surface area contributed by atoms with E-state index < -0.39 is 6.10 Å². The molecular formula is C13H20N4O3. The molecule has 0 aliphatic carbocycles. The summed E-state index contributed by atoms with van der Waals surface area (Å²) in [4.78, 5) is 29.7. The van der Waals surface area contributed by atoms with Gasteiger partial charge in [-0.15, -0.1) is 0 Å². The van der Waals surface area contributed by atoms with Gasteiger partial charge in [0.25, 0.3) is 5.91 Å². The molecule has 2 amide bonds. The Morgan fingerprint density at radius 2 is 2.35 bits per heavy atom. The number of aryl methyl sites for hydroxylation is 1. The number of amides is 2. The summed E-state index contributed by atoms with van der Waals surface area (Å²) in [5, 5.41) is 2.69. The van der Waals surface area contributed by atoms with Crippen LogP contribution in [0.3, 0.4) is 0 Å². The van der Waals surface area contributed by atoms with E-state index in [0.29, 0.717) is 18.9 Å². The Bertz CT molecular complexity index is 486. The highest BCUT2D eigenvalue weighted by Gasteiger charge is 2.28. The Balaban J connectivity index is 1.95. The summed E-state index contributed by atoms with van der Waals surface area (Å²) in [6.45, 7) is 0.623. The molecule has 0 radical (unpaired) electrons. The first-order valence-corrected chi connectivity index (χ1v) is 6.70. The van der Waals surface area contributed by atoms with E-state index in [-0.39, 0.29) is 18.4 Å². The number of anilines is 1. The normalized spacial score (nSPS) is 19.8. The first-order valence-electron chi connectivity index (χ1n) is 6.70. The third kappa shape index (κ3) is 3.36. The lowest BCUT2D eigenvalue weighted by Crippen LogP contribution is -2.43. The van der Waals surface area contributed by atoms with Gasteiger partial charge in [-0.05, 0) is 19.3 Å².